The number of imide groups is 1. The molecule has 0 spiro atoms. The number of nitrogens with zero attached hydrogens (tertiary/aromatic N) is 1. The van der Waals surface area contributed by atoms with Crippen molar-refractivity contribution in [2.45, 2.75) is 143 Å². The topological polar surface area (TPSA) is 318 Å². The highest BCUT2D eigenvalue weighted by molar-refractivity contribution is 5.94. The molecule has 3 unspecified atom stereocenters. The summed E-state index contributed by atoms with van der Waals surface area (Å²) in [6, 6.07) is 6.39. The number of H-pyrrole nitrogens is 1. The normalized spacial score (nSPS) is 11.4. The quantitative estimate of drug-likeness (QED) is 0.0607. The average molecular weight is 893 g/mol. The van der Waals surface area contributed by atoms with Crippen LogP contribution < -0.4 is 31.9 Å². The van der Waals surface area contributed by atoms with Gasteiger partial charge in [-0.1, -0.05) is 120 Å². The van der Waals surface area contributed by atoms with Gasteiger partial charge in [-0.2, -0.15) is 0 Å². The molecule has 3 atom stereocenters. The van der Waals surface area contributed by atoms with Gasteiger partial charge in [0.25, 0.3) is 0 Å². The summed E-state index contributed by atoms with van der Waals surface area (Å²) in [5.41, 5.74) is 2.43. The van der Waals surface area contributed by atoms with Crippen LogP contribution in [0.4, 0.5) is 4.79 Å². The first kappa shape index (κ1) is 59.2. The highest BCUT2D eigenvalue weighted by Crippen LogP contribution is 2.13. The monoisotopic (exact) mass is 893 g/mol. The number of aliphatic hydroxyl groups excluding tert-OH is 2. The Morgan fingerprint density at radius 3 is 1.49 bits per heavy atom. The van der Waals surface area contributed by atoms with E-state index in [9.17, 15) is 43.5 Å². The lowest BCUT2D eigenvalue weighted by Gasteiger charge is -2.18. The number of imidazole rings is 1. The van der Waals surface area contributed by atoms with Gasteiger partial charge in [0.2, 0.25) is 35.4 Å². The largest absolute Gasteiger partial charge is 0.480 e. The van der Waals surface area contributed by atoms with Crippen LogP contribution in [0.1, 0.15) is 122 Å². The number of hydrogen-bond donors (Lipinski definition) is 11. The Balaban J connectivity index is 0. The number of benzene rings is 1. The smallest absolute Gasteiger partial charge is 0.411 e. The molecule has 1 aromatic heterocycles. The van der Waals surface area contributed by atoms with Crippen molar-refractivity contribution in [2.24, 2.45) is 0 Å². The number of carboxylic acid groups (broad SMARTS) is 2. The Kier molecular flexibility index (Phi) is 36.6. The van der Waals surface area contributed by atoms with E-state index < -0.39 is 86.0 Å². The molecule has 0 aliphatic heterocycles. The van der Waals surface area contributed by atoms with Crippen LogP contribution in [0.2, 0.25) is 0 Å². The molecule has 1 heterocycles. The van der Waals surface area contributed by atoms with Crippen molar-refractivity contribution in [3.63, 3.8) is 0 Å². The molecule has 0 aliphatic carbocycles. The third-order valence-electron chi connectivity index (χ3n) is 8.64. The van der Waals surface area contributed by atoms with Gasteiger partial charge in [-0.05, 0) is 27.2 Å². The molecule has 63 heavy (non-hydrogen) atoms. The number of aromatic nitrogens is 2. The Bertz CT molecular complexity index is 1580. The number of unbranched alkanes of at least 4 members (excludes halogenated alkanes) is 12. The van der Waals surface area contributed by atoms with Crippen molar-refractivity contribution in [3.8, 4) is 0 Å². The van der Waals surface area contributed by atoms with Crippen molar-refractivity contribution in [2.75, 3.05) is 26.3 Å². The first-order valence-corrected chi connectivity index (χ1v) is 21.3. The second kappa shape index (κ2) is 39.0. The summed E-state index contributed by atoms with van der Waals surface area (Å²) < 4.78 is 0. The zero-order valence-corrected chi connectivity index (χ0v) is 37.5. The van der Waals surface area contributed by atoms with Gasteiger partial charge in [0.15, 0.2) is 0 Å². The van der Waals surface area contributed by atoms with Crippen molar-refractivity contribution in [3.05, 3.63) is 54.1 Å². The number of aryl methyl sites for hydroxylation is 2. The summed E-state index contributed by atoms with van der Waals surface area (Å²) in [5.74, 6) is -5.61. The number of nitrogens with one attached hydrogen (secondary N) is 7. The zero-order valence-electron chi connectivity index (χ0n) is 37.5. The van der Waals surface area contributed by atoms with Crippen LogP contribution in [-0.2, 0) is 33.6 Å². The Morgan fingerprint density at radius 1 is 0.651 bits per heavy atom. The molecule has 1 aromatic carbocycles. The predicted molar refractivity (Wildman–Crippen MR) is 236 cm³/mol. The summed E-state index contributed by atoms with van der Waals surface area (Å²) >= 11 is 0. The number of carboxylic acids is 1. The number of rotatable bonds is 26. The molecular weight excluding hydrogens is 821 g/mol. The van der Waals surface area contributed by atoms with E-state index in [4.69, 9.17) is 15.3 Å². The van der Waals surface area contributed by atoms with Crippen LogP contribution in [0, 0.1) is 13.8 Å². The first-order chi connectivity index (χ1) is 30.0. The number of carbonyl (C=O) groups excluding carboxylic acids is 6. The lowest BCUT2D eigenvalue weighted by molar-refractivity contribution is -0.142. The van der Waals surface area contributed by atoms with Gasteiger partial charge in [0.1, 0.15) is 18.1 Å². The number of aliphatic carboxylic acids is 1. The van der Waals surface area contributed by atoms with Crippen LogP contribution in [0.25, 0.3) is 0 Å². The third-order valence-corrected chi connectivity index (χ3v) is 8.64. The van der Waals surface area contributed by atoms with Crippen LogP contribution in [0.5, 0.6) is 0 Å². The average Bonchev–Trinajstić information content (AvgIpc) is 3.72. The fourth-order valence-electron chi connectivity index (χ4n) is 5.20. The molecule has 2 rings (SSSR count). The SMILES string of the molecule is CC(=O)NC(C)C(=O)NCC(=O)NC(CO)C(=O)NCC(=O)NC(CO)C(=O)O.CCCCCCCCCCCCCCCC(=O)NC(=O)O.Cc1ccccc1.Cc1cnc[nH]1. The minimum atomic E-state index is -1.55. The van der Waals surface area contributed by atoms with E-state index in [1.165, 1.54) is 83.6 Å². The summed E-state index contributed by atoms with van der Waals surface area (Å²) in [6.07, 6.45) is 18.9. The van der Waals surface area contributed by atoms with E-state index in [1.54, 1.807) is 12.5 Å². The summed E-state index contributed by atoms with van der Waals surface area (Å²) in [6.45, 7) is 6.04. The molecule has 0 radical (unpaired) electrons. The molecule has 0 bridgehead atoms. The fraction of sp³-hybridized carbons (Fsp3) is 0.605. The zero-order chi connectivity index (χ0) is 47.8. The van der Waals surface area contributed by atoms with Crippen LogP contribution in [-0.4, -0.2) is 122 Å². The molecule has 0 saturated heterocycles. The molecule has 2 aromatic rings. The van der Waals surface area contributed by atoms with Gasteiger partial charge < -0.3 is 52.0 Å². The van der Waals surface area contributed by atoms with Gasteiger partial charge in [-0.25, -0.2) is 14.6 Å². The number of hydrogen-bond acceptors (Lipinski definition) is 11. The van der Waals surface area contributed by atoms with E-state index >= 15 is 0 Å². The Labute approximate surface area is 370 Å². The van der Waals surface area contributed by atoms with E-state index in [0.717, 1.165) is 25.0 Å². The minimum Gasteiger partial charge on any atom is -0.480 e. The molecule has 20 nitrogen and oxygen atoms in total. The number of amides is 7. The van der Waals surface area contributed by atoms with Gasteiger partial charge in [-0.3, -0.25) is 34.1 Å². The predicted octanol–water partition coefficient (Wildman–Crippen LogP) is 2.76. The standard InChI is InChI=1S/C17H33NO3.C15H25N5O9.C7H8.C4H6N2/c1-2-3-4-5-6-7-8-9-10-11-12-13-14-15-16(19)18-17(20)21;1-7(18-8(2)23)13(26)16-3-11(24)19-9(5-21)14(27)17-4-12(25)20-10(6-22)15(28)29;1-7-5-3-2-4-6-7;1-4-2-5-3-6-4/h2-15H2,1H3,(H,18,19)(H,20,21);7,9-10,21-22H,3-6H2,1-2H3,(H,16,26)(H,17,27)(H,18,23)(H,19,24)(H,20,25)(H,28,29);2-6H,1H3;2-3H,1H3,(H,5,6). The van der Waals surface area contributed by atoms with E-state index in [1.807, 2.05) is 35.8 Å². The second-order valence-corrected chi connectivity index (χ2v) is 14.5. The highest BCUT2D eigenvalue weighted by Gasteiger charge is 2.23. The maximum atomic E-state index is 11.9. The molecular formula is C43H72N8O12. The third kappa shape index (κ3) is 37.6. The minimum absolute atomic E-state index is 0.323. The molecule has 356 valence electrons. The maximum Gasteiger partial charge on any atom is 0.411 e. The molecule has 0 aliphatic rings. The van der Waals surface area contributed by atoms with Gasteiger partial charge >= 0.3 is 12.1 Å². The van der Waals surface area contributed by atoms with Crippen LogP contribution in [0.15, 0.2) is 42.9 Å². The van der Waals surface area contributed by atoms with E-state index in [2.05, 4.69) is 57.2 Å². The van der Waals surface area contributed by atoms with Crippen LogP contribution >= 0.6 is 0 Å². The molecule has 11 N–H and O–H groups in total. The summed E-state index contributed by atoms with van der Waals surface area (Å²) in [5, 5.41) is 47.6. The van der Waals surface area contributed by atoms with E-state index in [-0.39, 0.29) is 5.91 Å². The van der Waals surface area contributed by atoms with Gasteiger partial charge in [0, 0.05) is 25.2 Å². The maximum absolute atomic E-state index is 11.9. The summed E-state index contributed by atoms with van der Waals surface area (Å²) in [7, 11) is 0. The Morgan fingerprint density at radius 2 is 1.13 bits per heavy atom. The Hall–Kier alpha value is -5.89. The van der Waals surface area contributed by atoms with Gasteiger partial charge in [-0.15, -0.1) is 0 Å². The molecule has 0 saturated carbocycles. The summed E-state index contributed by atoms with van der Waals surface area (Å²) in [4.78, 5) is 96.4. The van der Waals surface area contributed by atoms with Crippen molar-refractivity contribution in [1.82, 2.24) is 41.9 Å². The fourth-order valence-corrected chi connectivity index (χ4v) is 5.20. The number of aliphatic hydroxyl groups is 2. The van der Waals surface area contributed by atoms with Crippen molar-refractivity contribution < 1.29 is 58.8 Å². The lowest BCUT2D eigenvalue weighted by atomic mass is 10.0. The lowest BCUT2D eigenvalue weighted by Crippen LogP contribution is -2.54. The van der Waals surface area contributed by atoms with E-state index in [0.29, 0.717) is 6.42 Å². The molecule has 20 heteroatoms. The van der Waals surface area contributed by atoms with Crippen molar-refractivity contribution in [1.29, 1.82) is 0 Å². The van der Waals surface area contributed by atoms with Crippen LogP contribution in [0.3, 0.4) is 0 Å². The molecule has 7 amide bonds. The number of carbonyl (C=O) groups is 8. The number of aromatic amines is 1. The highest BCUT2D eigenvalue weighted by atomic mass is 16.4. The first-order valence-electron chi connectivity index (χ1n) is 21.3. The van der Waals surface area contributed by atoms with Gasteiger partial charge in [0.05, 0.1) is 32.6 Å². The van der Waals surface area contributed by atoms with Crippen molar-refractivity contribution >= 4 is 47.5 Å². The second-order valence-electron chi connectivity index (χ2n) is 14.5. The molecule has 0 fully saturated rings.